The Morgan fingerprint density at radius 3 is 2.55 bits per heavy atom. The summed E-state index contributed by atoms with van der Waals surface area (Å²) in [5.74, 6) is -0.641. The number of quaternary nitrogens is 1. The van der Waals surface area contributed by atoms with Gasteiger partial charge in [0.1, 0.15) is 0 Å². The zero-order chi connectivity index (χ0) is 23.4. The van der Waals surface area contributed by atoms with Crippen LogP contribution in [0.1, 0.15) is 37.7 Å². The molecule has 2 aliphatic heterocycles. The van der Waals surface area contributed by atoms with Gasteiger partial charge in [-0.1, -0.05) is 27.5 Å². The fraction of sp³-hybridized carbons (Fsp3) is 0.417. The standard InChI is InChI=1S/C24H28BrClN4O3/c25-17-6-11-21-20(16-17)24(33,30(23(32)28-21)19-9-7-18(26)8-10-19)22(31)27-12-5-15-29-13-3-1-2-4-14-29/h6-11,16,33H,1-5,12-15H2,(H,27,31)(H,28,32)/p+1. The Balaban J connectivity index is 1.57. The van der Waals surface area contributed by atoms with E-state index in [1.54, 1.807) is 47.4 Å². The number of benzene rings is 2. The molecule has 1 unspecified atom stereocenters. The fourth-order valence-electron chi connectivity index (χ4n) is 4.61. The summed E-state index contributed by atoms with van der Waals surface area (Å²) in [4.78, 5) is 29.1. The van der Waals surface area contributed by atoms with E-state index in [-0.39, 0.29) is 0 Å². The molecule has 0 bridgehead atoms. The molecular formula is C24H29BrClN4O3+. The van der Waals surface area contributed by atoms with Gasteiger partial charge in [-0.05, 0) is 68.1 Å². The molecule has 1 saturated heterocycles. The topological polar surface area (TPSA) is 86.1 Å². The van der Waals surface area contributed by atoms with Crippen molar-refractivity contribution in [3.8, 4) is 0 Å². The molecule has 1 atom stereocenters. The molecule has 176 valence electrons. The van der Waals surface area contributed by atoms with E-state index in [9.17, 15) is 14.7 Å². The molecule has 2 aliphatic rings. The molecular weight excluding hydrogens is 508 g/mol. The van der Waals surface area contributed by atoms with Gasteiger partial charge in [-0.3, -0.25) is 9.69 Å². The second kappa shape index (κ2) is 10.4. The minimum absolute atomic E-state index is 0.294. The summed E-state index contributed by atoms with van der Waals surface area (Å²) in [6.45, 7) is 3.74. The Labute approximate surface area is 207 Å². The lowest BCUT2D eigenvalue weighted by Crippen LogP contribution is -3.11. The van der Waals surface area contributed by atoms with Crippen molar-refractivity contribution in [2.45, 2.75) is 37.8 Å². The first kappa shape index (κ1) is 24.0. The number of anilines is 2. The van der Waals surface area contributed by atoms with Gasteiger partial charge in [0.05, 0.1) is 25.3 Å². The van der Waals surface area contributed by atoms with Gasteiger partial charge < -0.3 is 20.6 Å². The van der Waals surface area contributed by atoms with Crippen molar-refractivity contribution in [3.05, 3.63) is 57.5 Å². The number of likely N-dealkylation sites (tertiary alicyclic amines) is 1. The van der Waals surface area contributed by atoms with Gasteiger partial charge >= 0.3 is 6.03 Å². The summed E-state index contributed by atoms with van der Waals surface area (Å²) < 4.78 is 0.685. The second-order valence-corrected chi connectivity index (χ2v) is 9.98. The zero-order valence-corrected chi connectivity index (χ0v) is 20.7. The molecule has 3 amide bonds. The summed E-state index contributed by atoms with van der Waals surface area (Å²) in [6.07, 6.45) is 5.89. The third-order valence-electron chi connectivity index (χ3n) is 6.33. The minimum atomic E-state index is -2.22. The molecule has 4 N–H and O–H groups in total. The molecule has 0 aliphatic carbocycles. The Kier molecular flexibility index (Phi) is 7.58. The predicted molar refractivity (Wildman–Crippen MR) is 133 cm³/mol. The van der Waals surface area contributed by atoms with Crippen LogP contribution < -0.4 is 20.4 Å². The van der Waals surface area contributed by atoms with Crippen LogP contribution in [0.2, 0.25) is 5.02 Å². The average molecular weight is 537 g/mol. The van der Waals surface area contributed by atoms with E-state index in [4.69, 9.17) is 11.6 Å². The number of aliphatic hydroxyl groups is 1. The fourth-order valence-corrected chi connectivity index (χ4v) is 5.10. The molecule has 2 aromatic carbocycles. The highest BCUT2D eigenvalue weighted by Crippen LogP contribution is 2.41. The summed E-state index contributed by atoms with van der Waals surface area (Å²) in [5.41, 5.74) is -1.18. The monoisotopic (exact) mass is 535 g/mol. The molecule has 1 fully saturated rings. The van der Waals surface area contributed by atoms with E-state index >= 15 is 0 Å². The van der Waals surface area contributed by atoms with Crippen molar-refractivity contribution in [1.82, 2.24) is 5.32 Å². The average Bonchev–Trinajstić information content (AvgIpc) is 3.07. The number of hydrogen-bond donors (Lipinski definition) is 4. The van der Waals surface area contributed by atoms with Crippen LogP contribution in [0.15, 0.2) is 46.9 Å². The molecule has 2 aromatic rings. The lowest BCUT2D eigenvalue weighted by Gasteiger charge is -2.42. The van der Waals surface area contributed by atoms with Crippen molar-refractivity contribution in [2.24, 2.45) is 0 Å². The van der Waals surface area contributed by atoms with Crippen molar-refractivity contribution in [2.75, 3.05) is 36.4 Å². The van der Waals surface area contributed by atoms with Crippen LogP contribution >= 0.6 is 27.5 Å². The molecule has 0 saturated carbocycles. The maximum Gasteiger partial charge on any atom is 0.329 e. The van der Waals surface area contributed by atoms with Gasteiger partial charge in [0, 0.05) is 33.7 Å². The number of nitrogens with one attached hydrogen (secondary N) is 3. The van der Waals surface area contributed by atoms with Crippen molar-refractivity contribution < 1.29 is 19.6 Å². The van der Waals surface area contributed by atoms with Gasteiger partial charge in [-0.25, -0.2) is 4.79 Å². The summed E-state index contributed by atoms with van der Waals surface area (Å²) in [7, 11) is 0. The van der Waals surface area contributed by atoms with Crippen molar-refractivity contribution in [3.63, 3.8) is 0 Å². The highest BCUT2D eigenvalue weighted by molar-refractivity contribution is 9.10. The number of carbonyl (C=O) groups excluding carboxylic acids is 2. The summed E-state index contributed by atoms with van der Waals surface area (Å²) in [6, 6.07) is 10.9. The first-order valence-electron chi connectivity index (χ1n) is 11.4. The predicted octanol–water partition coefficient (Wildman–Crippen LogP) is 3.26. The van der Waals surface area contributed by atoms with Gasteiger partial charge in [0.2, 0.25) is 0 Å². The molecule has 4 rings (SSSR count). The third-order valence-corrected chi connectivity index (χ3v) is 7.08. The number of hydrogen-bond acceptors (Lipinski definition) is 3. The molecule has 0 aromatic heterocycles. The number of rotatable bonds is 6. The summed E-state index contributed by atoms with van der Waals surface area (Å²) in [5, 5.41) is 18.0. The largest absolute Gasteiger partial charge is 0.359 e. The van der Waals surface area contributed by atoms with E-state index in [0.29, 0.717) is 33.0 Å². The van der Waals surface area contributed by atoms with Gasteiger partial charge in [0.15, 0.2) is 0 Å². The van der Waals surface area contributed by atoms with Crippen molar-refractivity contribution >= 4 is 50.8 Å². The minimum Gasteiger partial charge on any atom is -0.359 e. The number of fused-ring (bicyclic) bond motifs is 1. The number of amides is 3. The molecule has 0 spiro atoms. The number of urea groups is 1. The van der Waals surface area contributed by atoms with Gasteiger partial charge in [-0.2, -0.15) is 0 Å². The Bertz CT molecular complexity index is 1010. The van der Waals surface area contributed by atoms with E-state index in [1.807, 2.05) is 0 Å². The molecule has 7 nitrogen and oxygen atoms in total. The molecule has 9 heteroatoms. The van der Waals surface area contributed by atoms with E-state index in [0.717, 1.165) is 17.9 Å². The second-order valence-electron chi connectivity index (χ2n) is 8.63. The molecule has 2 heterocycles. The SMILES string of the molecule is O=C1Nc2ccc(Br)cc2C(O)(C(=O)NCCC[NH+]2CCCCCC2)N1c1ccc(Cl)cc1. The van der Waals surface area contributed by atoms with Gasteiger partial charge in [-0.15, -0.1) is 0 Å². The summed E-state index contributed by atoms with van der Waals surface area (Å²) >= 11 is 9.42. The number of nitrogens with zero attached hydrogens (tertiary/aromatic N) is 1. The highest BCUT2D eigenvalue weighted by atomic mass is 79.9. The lowest BCUT2D eigenvalue weighted by molar-refractivity contribution is -0.899. The Hall–Kier alpha value is -2.13. The Morgan fingerprint density at radius 2 is 1.85 bits per heavy atom. The molecule has 33 heavy (non-hydrogen) atoms. The first-order chi connectivity index (χ1) is 15.9. The smallest absolute Gasteiger partial charge is 0.329 e. The van der Waals surface area contributed by atoms with Crippen LogP contribution in [-0.4, -0.2) is 43.2 Å². The van der Waals surface area contributed by atoms with Crippen molar-refractivity contribution in [1.29, 1.82) is 0 Å². The van der Waals surface area contributed by atoms with Crippen LogP contribution in [0.25, 0.3) is 0 Å². The lowest BCUT2D eigenvalue weighted by atomic mass is 9.94. The van der Waals surface area contributed by atoms with E-state index in [1.165, 1.54) is 38.8 Å². The first-order valence-corrected chi connectivity index (χ1v) is 12.6. The van der Waals surface area contributed by atoms with Crippen LogP contribution in [0.5, 0.6) is 0 Å². The zero-order valence-electron chi connectivity index (χ0n) is 18.4. The van der Waals surface area contributed by atoms with E-state index < -0.39 is 17.7 Å². The quantitative estimate of drug-likeness (QED) is 0.428. The number of halogens is 2. The maximum atomic E-state index is 13.5. The van der Waals surface area contributed by atoms with Crippen LogP contribution in [-0.2, 0) is 10.5 Å². The molecule has 0 radical (unpaired) electrons. The highest BCUT2D eigenvalue weighted by Gasteiger charge is 2.52. The maximum absolute atomic E-state index is 13.5. The third kappa shape index (κ3) is 5.19. The van der Waals surface area contributed by atoms with Crippen LogP contribution in [0.3, 0.4) is 0 Å². The Morgan fingerprint density at radius 1 is 1.15 bits per heavy atom. The van der Waals surface area contributed by atoms with Gasteiger partial charge in [0.25, 0.3) is 11.6 Å². The van der Waals surface area contributed by atoms with Crippen LogP contribution in [0, 0.1) is 0 Å². The van der Waals surface area contributed by atoms with Crippen LogP contribution in [0.4, 0.5) is 16.2 Å². The normalized spacial score (nSPS) is 21.2. The number of carbonyl (C=O) groups is 2. The van der Waals surface area contributed by atoms with E-state index in [2.05, 4.69) is 26.6 Å².